The van der Waals surface area contributed by atoms with Gasteiger partial charge in [0.25, 0.3) is 5.91 Å². The van der Waals surface area contributed by atoms with Crippen LogP contribution in [-0.2, 0) is 0 Å². The van der Waals surface area contributed by atoms with Crippen molar-refractivity contribution in [3.05, 3.63) is 66.6 Å². The van der Waals surface area contributed by atoms with E-state index in [0.29, 0.717) is 17.3 Å². The molecule has 8 heteroatoms. The van der Waals surface area contributed by atoms with Gasteiger partial charge in [0.1, 0.15) is 11.5 Å². The van der Waals surface area contributed by atoms with Crippen LogP contribution >= 0.6 is 0 Å². The molecule has 0 bridgehead atoms. The Morgan fingerprint density at radius 2 is 1.90 bits per heavy atom. The summed E-state index contributed by atoms with van der Waals surface area (Å²) in [6.45, 7) is 0. The molecule has 3 N–H and O–H groups in total. The maximum atomic E-state index is 12.2. The lowest BCUT2D eigenvalue weighted by atomic mass is 10.1. The molecule has 0 spiro atoms. The molecule has 0 fully saturated rings. The first kappa shape index (κ1) is 17.9. The number of benzene rings is 2. The average Bonchev–Trinajstić information content (AvgIpc) is 3.39. The van der Waals surface area contributed by atoms with Crippen molar-refractivity contribution in [3.8, 4) is 11.4 Å². The first-order valence-electron chi connectivity index (χ1n) is 9.45. The number of hydrogen-bond acceptors (Lipinski definition) is 5. The molecule has 0 radical (unpaired) electrons. The molecule has 0 saturated heterocycles. The Bertz CT molecular complexity index is 1380. The molecule has 3 aromatic heterocycles. The Morgan fingerprint density at radius 3 is 2.77 bits per heavy atom. The summed E-state index contributed by atoms with van der Waals surface area (Å²) in [5.41, 5.74) is 4.18. The van der Waals surface area contributed by atoms with Crippen LogP contribution in [0.1, 0.15) is 10.5 Å². The molecule has 0 unspecified atom stereocenters. The summed E-state index contributed by atoms with van der Waals surface area (Å²) >= 11 is 0. The van der Waals surface area contributed by atoms with Crippen LogP contribution in [0, 0.1) is 0 Å². The molecule has 2 aromatic carbocycles. The van der Waals surface area contributed by atoms with Gasteiger partial charge in [0.15, 0.2) is 5.82 Å². The number of nitrogens with one attached hydrogen (secondary N) is 3. The van der Waals surface area contributed by atoms with Gasteiger partial charge in [-0.25, -0.2) is 9.97 Å². The molecule has 0 aliphatic carbocycles. The molecule has 0 aliphatic rings. The van der Waals surface area contributed by atoms with Gasteiger partial charge in [0, 0.05) is 47.8 Å². The Balaban J connectivity index is 1.45. The number of H-pyrrole nitrogens is 2. The monoisotopic (exact) mass is 397 g/mol. The van der Waals surface area contributed by atoms with Crippen LogP contribution in [0.4, 0.5) is 11.5 Å². The van der Waals surface area contributed by atoms with Crippen LogP contribution in [0.5, 0.6) is 0 Å². The van der Waals surface area contributed by atoms with Gasteiger partial charge in [0.2, 0.25) is 0 Å². The maximum Gasteiger partial charge on any atom is 0.269 e. The number of nitrogens with zero attached hydrogens (tertiary/aromatic N) is 4. The third-order valence-electron chi connectivity index (χ3n) is 4.89. The van der Waals surface area contributed by atoms with Crippen LogP contribution in [0.25, 0.3) is 33.2 Å². The number of hydrogen-bond donors (Lipinski definition) is 3. The van der Waals surface area contributed by atoms with Crippen molar-refractivity contribution in [1.29, 1.82) is 0 Å². The van der Waals surface area contributed by atoms with E-state index < -0.39 is 0 Å². The highest BCUT2D eigenvalue weighted by molar-refractivity contribution is 5.98. The van der Waals surface area contributed by atoms with Gasteiger partial charge in [-0.15, -0.1) is 0 Å². The van der Waals surface area contributed by atoms with Crippen molar-refractivity contribution in [2.24, 2.45) is 0 Å². The topological polar surface area (TPSA) is 103 Å². The van der Waals surface area contributed by atoms with Crippen molar-refractivity contribution < 1.29 is 4.79 Å². The molecule has 30 heavy (non-hydrogen) atoms. The van der Waals surface area contributed by atoms with Gasteiger partial charge >= 0.3 is 0 Å². The third-order valence-corrected chi connectivity index (χ3v) is 4.89. The lowest BCUT2D eigenvalue weighted by Gasteiger charge is -2.07. The van der Waals surface area contributed by atoms with Crippen molar-refractivity contribution in [3.63, 3.8) is 0 Å². The second-order valence-electron chi connectivity index (χ2n) is 7.25. The first-order valence-corrected chi connectivity index (χ1v) is 9.45. The Labute approximate surface area is 172 Å². The molecule has 0 aliphatic heterocycles. The highest BCUT2D eigenvalue weighted by Gasteiger charge is 2.12. The van der Waals surface area contributed by atoms with E-state index >= 15 is 0 Å². The summed E-state index contributed by atoms with van der Waals surface area (Å²) in [5, 5.41) is 12.3. The van der Waals surface area contributed by atoms with Crippen LogP contribution in [-0.4, -0.2) is 50.1 Å². The predicted molar refractivity (Wildman–Crippen MR) is 117 cm³/mol. The summed E-state index contributed by atoms with van der Waals surface area (Å²) in [7, 11) is 3.46. The predicted octanol–water partition coefficient (Wildman–Crippen LogP) is 3.95. The molecular formula is C22H19N7O. The first-order chi connectivity index (χ1) is 14.6. The minimum atomic E-state index is -0.0650. The zero-order valence-electron chi connectivity index (χ0n) is 16.5. The molecule has 148 valence electrons. The smallest absolute Gasteiger partial charge is 0.269 e. The second-order valence-corrected chi connectivity index (χ2v) is 7.25. The highest BCUT2D eigenvalue weighted by atomic mass is 16.2. The largest absolute Gasteiger partial charge is 0.351 e. The lowest BCUT2D eigenvalue weighted by molar-refractivity contribution is 0.0823. The van der Waals surface area contributed by atoms with Gasteiger partial charge in [-0.1, -0.05) is 12.1 Å². The van der Waals surface area contributed by atoms with Crippen molar-refractivity contribution >= 4 is 39.2 Å². The summed E-state index contributed by atoms with van der Waals surface area (Å²) in [6.07, 6.45) is 3.51. The van der Waals surface area contributed by atoms with E-state index in [9.17, 15) is 4.79 Å². The standard InChI is InChI=1S/C22H19N7O/c1-29(2)22(30)19-10-13-3-4-14(11-18(13)26-19)21-23-8-7-20(27-21)25-16-5-6-17-15(9-16)12-24-28-17/h3-12,26H,1-2H3,(H,24,28)(H,23,25,27). The number of aromatic nitrogens is 5. The fourth-order valence-corrected chi connectivity index (χ4v) is 3.36. The van der Waals surface area contributed by atoms with Gasteiger partial charge < -0.3 is 15.2 Å². The van der Waals surface area contributed by atoms with Crippen LogP contribution in [0.15, 0.2) is 60.9 Å². The van der Waals surface area contributed by atoms with E-state index in [2.05, 4.69) is 30.5 Å². The minimum Gasteiger partial charge on any atom is -0.351 e. The quantitative estimate of drug-likeness (QED) is 0.426. The normalized spacial score (nSPS) is 11.1. The number of amides is 1. The van der Waals surface area contributed by atoms with Crippen molar-refractivity contribution in [2.45, 2.75) is 0 Å². The minimum absolute atomic E-state index is 0.0650. The second kappa shape index (κ2) is 7.00. The Morgan fingerprint density at radius 1 is 1.00 bits per heavy atom. The molecular weight excluding hydrogens is 378 g/mol. The molecule has 1 amide bonds. The third kappa shape index (κ3) is 3.24. The van der Waals surface area contributed by atoms with Gasteiger partial charge in [-0.05, 0) is 36.4 Å². The molecule has 3 heterocycles. The zero-order valence-corrected chi connectivity index (χ0v) is 16.5. The Hall–Kier alpha value is -4.20. The molecule has 0 saturated carbocycles. The number of fused-ring (bicyclic) bond motifs is 2. The fourth-order valence-electron chi connectivity index (χ4n) is 3.36. The van der Waals surface area contributed by atoms with Crippen LogP contribution in [0.3, 0.4) is 0 Å². The van der Waals surface area contributed by atoms with Gasteiger partial charge in [0.05, 0.1) is 11.7 Å². The van der Waals surface area contributed by atoms with E-state index in [1.54, 1.807) is 31.4 Å². The number of carbonyl (C=O) groups is 1. The van der Waals surface area contributed by atoms with Crippen LogP contribution < -0.4 is 5.32 Å². The van der Waals surface area contributed by atoms with Crippen molar-refractivity contribution in [1.82, 2.24) is 30.0 Å². The molecule has 5 rings (SSSR count). The zero-order chi connectivity index (χ0) is 20.7. The molecule has 5 aromatic rings. The molecule has 0 atom stereocenters. The summed E-state index contributed by atoms with van der Waals surface area (Å²) in [6, 6.07) is 15.5. The number of rotatable bonds is 4. The van der Waals surface area contributed by atoms with Gasteiger partial charge in [-0.2, -0.15) is 5.10 Å². The van der Waals surface area contributed by atoms with Gasteiger partial charge in [-0.3, -0.25) is 9.89 Å². The molecule has 8 nitrogen and oxygen atoms in total. The van der Waals surface area contributed by atoms with Crippen molar-refractivity contribution in [2.75, 3.05) is 19.4 Å². The number of carbonyl (C=O) groups excluding carboxylic acids is 1. The average molecular weight is 397 g/mol. The summed E-state index contributed by atoms with van der Waals surface area (Å²) < 4.78 is 0. The lowest BCUT2D eigenvalue weighted by Crippen LogP contribution is -2.21. The van der Waals surface area contributed by atoms with E-state index in [0.717, 1.165) is 33.1 Å². The summed E-state index contributed by atoms with van der Waals surface area (Å²) in [4.78, 5) is 26.0. The Kier molecular flexibility index (Phi) is 4.17. The highest BCUT2D eigenvalue weighted by Crippen LogP contribution is 2.25. The van der Waals surface area contributed by atoms with E-state index in [-0.39, 0.29) is 5.91 Å². The van der Waals surface area contributed by atoms with E-state index in [1.807, 2.05) is 48.5 Å². The number of aromatic amines is 2. The SMILES string of the molecule is CN(C)C(=O)c1cc2ccc(-c3nccc(Nc4ccc5[nH]ncc5c4)n3)cc2[nH]1. The fraction of sp³-hybridized carbons (Fsp3) is 0.0909. The maximum absolute atomic E-state index is 12.2. The van der Waals surface area contributed by atoms with E-state index in [1.165, 1.54) is 0 Å². The number of anilines is 2. The van der Waals surface area contributed by atoms with E-state index in [4.69, 9.17) is 0 Å². The summed E-state index contributed by atoms with van der Waals surface area (Å²) in [5.74, 6) is 1.23. The van der Waals surface area contributed by atoms with Crippen LogP contribution in [0.2, 0.25) is 0 Å².